The lowest BCUT2D eigenvalue weighted by Gasteiger charge is -2.18. The van der Waals surface area contributed by atoms with Gasteiger partial charge in [-0.3, -0.25) is 4.79 Å². The summed E-state index contributed by atoms with van der Waals surface area (Å²) in [4.78, 5) is 13.5. The zero-order valence-corrected chi connectivity index (χ0v) is 13.1. The first kappa shape index (κ1) is 16.0. The highest BCUT2D eigenvalue weighted by Gasteiger charge is 2.12. The Morgan fingerprint density at radius 3 is 2.91 bits per heavy atom. The SMILES string of the molecule is Cc1cc(Cl)ccc1OCCN(C)C(=O)Cn1nnnc1N. The van der Waals surface area contributed by atoms with Crippen LogP contribution in [0, 0.1) is 6.92 Å². The molecule has 1 heterocycles. The van der Waals surface area contributed by atoms with Crippen molar-refractivity contribution in [2.45, 2.75) is 13.5 Å². The third-order valence-corrected chi connectivity index (χ3v) is 3.33. The summed E-state index contributed by atoms with van der Waals surface area (Å²) in [5.74, 6) is 0.695. The summed E-state index contributed by atoms with van der Waals surface area (Å²) in [6.07, 6.45) is 0. The highest BCUT2D eigenvalue weighted by molar-refractivity contribution is 6.30. The lowest BCUT2D eigenvalue weighted by Crippen LogP contribution is -2.34. The fraction of sp³-hybridized carbons (Fsp3) is 0.385. The maximum absolute atomic E-state index is 12.0. The van der Waals surface area contributed by atoms with Crippen molar-refractivity contribution in [3.63, 3.8) is 0 Å². The van der Waals surface area contributed by atoms with Crippen LogP contribution >= 0.6 is 11.6 Å². The molecule has 22 heavy (non-hydrogen) atoms. The summed E-state index contributed by atoms with van der Waals surface area (Å²) < 4.78 is 6.89. The zero-order valence-electron chi connectivity index (χ0n) is 12.4. The van der Waals surface area contributed by atoms with Gasteiger partial charge in [0.1, 0.15) is 18.9 Å². The molecule has 1 aromatic heterocycles. The summed E-state index contributed by atoms with van der Waals surface area (Å²) in [6, 6.07) is 5.40. The molecule has 2 aromatic rings. The molecule has 2 N–H and O–H groups in total. The van der Waals surface area contributed by atoms with Crippen molar-refractivity contribution in [1.82, 2.24) is 25.1 Å². The van der Waals surface area contributed by atoms with E-state index < -0.39 is 0 Å². The van der Waals surface area contributed by atoms with Gasteiger partial charge in [-0.05, 0) is 41.1 Å². The second-order valence-corrected chi connectivity index (χ2v) is 5.20. The van der Waals surface area contributed by atoms with Gasteiger partial charge in [0.05, 0.1) is 6.54 Å². The van der Waals surface area contributed by atoms with Gasteiger partial charge in [0.15, 0.2) is 0 Å². The highest BCUT2D eigenvalue weighted by atomic mass is 35.5. The van der Waals surface area contributed by atoms with Crippen LogP contribution in [-0.4, -0.2) is 51.2 Å². The lowest BCUT2D eigenvalue weighted by molar-refractivity contribution is -0.131. The number of carbonyl (C=O) groups is 1. The molecule has 2 rings (SSSR count). The van der Waals surface area contributed by atoms with Gasteiger partial charge in [0.25, 0.3) is 0 Å². The van der Waals surface area contributed by atoms with Crippen molar-refractivity contribution in [2.75, 3.05) is 25.9 Å². The molecule has 0 unspecified atom stereocenters. The molecule has 118 valence electrons. The summed E-state index contributed by atoms with van der Waals surface area (Å²) in [5, 5.41) is 11.2. The normalized spacial score (nSPS) is 10.5. The number of carbonyl (C=O) groups excluding carboxylic acids is 1. The predicted octanol–water partition coefficient (Wildman–Crippen LogP) is 0.755. The second-order valence-electron chi connectivity index (χ2n) is 4.77. The summed E-state index contributed by atoms with van der Waals surface area (Å²) in [6.45, 7) is 2.71. The van der Waals surface area contributed by atoms with Crippen molar-refractivity contribution in [3.8, 4) is 5.75 Å². The number of aromatic nitrogens is 4. The summed E-state index contributed by atoms with van der Waals surface area (Å²) in [5.41, 5.74) is 6.46. The number of tetrazole rings is 1. The zero-order chi connectivity index (χ0) is 16.1. The molecule has 0 bridgehead atoms. The number of nitrogen functional groups attached to an aromatic ring is 1. The van der Waals surface area contributed by atoms with E-state index in [4.69, 9.17) is 22.1 Å². The van der Waals surface area contributed by atoms with E-state index in [1.807, 2.05) is 13.0 Å². The van der Waals surface area contributed by atoms with Crippen molar-refractivity contribution in [3.05, 3.63) is 28.8 Å². The summed E-state index contributed by atoms with van der Waals surface area (Å²) in [7, 11) is 1.68. The van der Waals surface area contributed by atoms with Crippen LogP contribution in [0.25, 0.3) is 0 Å². The van der Waals surface area contributed by atoms with Crippen LogP contribution in [0.15, 0.2) is 18.2 Å². The average Bonchev–Trinajstić information content (AvgIpc) is 2.86. The van der Waals surface area contributed by atoms with Gasteiger partial charge in [-0.2, -0.15) is 0 Å². The molecule has 0 saturated heterocycles. The van der Waals surface area contributed by atoms with Gasteiger partial charge in [0, 0.05) is 12.1 Å². The van der Waals surface area contributed by atoms with Crippen LogP contribution in [0.2, 0.25) is 5.02 Å². The maximum atomic E-state index is 12.0. The first-order valence-corrected chi connectivity index (χ1v) is 6.99. The maximum Gasteiger partial charge on any atom is 0.244 e. The molecule has 0 aliphatic heterocycles. The number of rotatable bonds is 6. The lowest BCUT2D eigenvalue weighted by atomic mass is 10.2. The Bertz CT molecular complexity index is 660. The third-order valence-electron chi connectivity index (χ3n) is 3.09. The summed E-state index contributed by atoms with van der Waals surface area (Å²) >= 11 is 5.89. The quantitative estimate of drug-likeness (QED) is 0.842. The molecular formula is C13H17ClN6O2. The van der Waals surface area contributed by atoms with E-state index in [0.717, 1.165) is 11.3 Å². The van der Waals surface area contributed by atoms with Crippen molar-refractivity contribution < 1.29 is 9.53 Å². The fourth-order valence-electron chi connectivity index (χ4n) is 1.76. The minimum Gasteiger partial charge on any atom is -0.491 e. The molecule has 0 fully saturated rings. The van der Waals surface area contributed by atoms with E-state index in [9.17, 15) is 4.79 Å². The number of benzene rings is 1. The van der Waals surface area contributed by atoms with Gasteiger partial charge in [-0.1, -0.05) is 16.7 Å². The van der Waals surface area contributed by atoms with E-state index in [-0.39, 0.29) is 18.4 Å². The molecule has 0 saturated carbocycles. The van der Waals surface area contributed by atoms with Crippen LogP contribution in [-0.2, 0) is 11.3 Å². The van der Waals surface area contributed by atoms with E-state index in [0.29, 0.717) is 18.2 Å². The number of amides is 1. The smallest absolute Gasteiger partial charge is 0.244 e. The monoisotopic (exact) mass is 324 g/mol. The number of hydrogen-bond donors (Lipinski definition) is 1. The van der Waals surface area contributed by atoms with Crippen LogP contribution in [0.4, 0.5) is 5.95 Å². The van der Waals surface area contributed by atoms with Crippen molar-refractivity contribution in [2.24, 2.45) is 0 Å². The molecule has 0 atom stereocenters. The Morgan fingerprint density at radius 2 is 2.27 bits per heavy atom. The van der Waals surface area contributed by atoms with Crippen molar-refractivity contribution in [1.29, 1.82) is 0 Å². The van der Waals surface area contributed by atoms with Gasteiger partial charge in [-0.25, -0.2) is 4.68 Å². The number of likely N-dealkylation sites (N-methyl/N-ethyl adjacent to an activating group) is 1. The first-order valence-electron chi connectivity index (χ1n) is 6.62. The second kappa shape index (κ2) is 7.08. The Hall–Kier alpha value is -2.35. The van der Waals surface area contributed by atoms with Gasteiger partial charge in [0.2, 0.25) is 11.9 Å². The van der Waals surface area contributed by atoms with Crippen LogP contribution in [0.1, 0.15) is 5.56 Å². The standard InChI is InChI=1S/C13H17ClN6O2/c1-9-7-10(14)3-4-11(9)22-6-5-19(2)12(21)8-20-13(15)16-17-18-20/h3-4,7H,5-6,8H2,1-2H3,(H2,15,16,18). The van der Waals surface area contributed by atoms with Crippen LogP contribution < -0.4 is 10.5 Å². The highest BCUT2D eigenvalue weighted by Crippen LogP contribution is 2.21. The average molecular weight is 325 g/mol. The Balaban J connectivity index is 1.81. The predicted molar refractivity (Wildman–Crippen MR) is 81.6 cm³/mol. The van der Waals surface area contributed by atoms with E-state index in [2.05, 4.69) is 15.5 Å². The number of nitrogens with zero attached hydrogens (tertiary/aromatic N) is 5. The molecule has 9 heteroatoms. The Labute approximate surface area is 132 Å². The number of anilines is 1. The molecule has 0 aliphatic rings. The largest absolute Gasteiger partial charge is 0.491 e. The number of halogens is 1. The van der Waals surface area contributed by atoms with Crippen LogP contribution in [0.5, 0.6) is 5.75 Å². The molecule has 1 amide bonds. The number of aryl methyl sites for hydroxylation is 1. The molecule has 0 radical (unpaired) electrons. The van der Waals surface area contributed by atoms with E-state index in [1.165, 1.54) is 9.58 Å². The minimum atomic E-state index is -0.157. The fourth-order valence-corrected chi connectivity index (χ4v) is 1.99. The topological polar surface area (TPSA) is 99.2 Å². The van der Waals surface area contributed by atoms with Gasteiger partial charge in [-0.15, -0.1) is 0 Å². The molecule has 8 nitrogen and oxygen atoms in total. The van der Waals surface area contributed by atoms with Crippen molar-refractivity contribution >= 4 is 23.5 Å². The van der Waals surface area contributed by atoms with Gasteiger partial charge >= 0.3 is 0 Å². The van der Waals surface area contributed by atoms with Crippen LogP contribution in [0.3, 0.4) is 0 Å². The minimum absolute atomic E-state index is 0.00466. The number of nitrogens with two attached hydrogens (primary N) is 1. The Kier molecular flexibility index (Phi) is 5.16. The number of ether oxygens (including phenoxy) is 1. The number of hydrogen-bond acceptors (Lipinski definition) is 6. The van der Waals surface area contributed by atoms with E-state index in [1.54, 1.807) is 19.2 Å². The van der Waals surface area contributed by atoms with E-state index >= 15 is 0 Å². The first-order chi connectivity index (χ1) is 10.5. The molecule has 0 aliphatic carbocycles. The van der Waals surface area contributed by atoms with Gasteiger partial charge < -0.3 is 15.4 Å². The Morgan fingerprint density at radius 1 is 1.50 bits per heavy atom. The molecule has 0 spiro atoms. The molecule has 1 aromatic carbocycles. The third kappa shape index (κ3) is 4.08. The molecular weight excluding hydrogens is 308 g/mol.